The minimum atomic E-state index is 0.441. The average Bonchev–Trinajstić information content (AvgIpc) is 2.95. The van der Waals surface area contributed by atoms with Gasteiger partial charge in [-0.2, -0.15) is 4.98 Å². The molecule has 1 N–H and O–H groups in total. The summed E-state index contributed by atoms with van der Waals surface area (Å²) in [4.78, 5) is 4.22. The quantitative estimate of drug-likeness (QED) is 0.726. The van der Waals surface area contributed by atoms with E-state index < -0.39 is 0 Å². The summed E-state index contributed by atoms with van der Waals surface area (Å²) in [7, 11) is 0. The van der Waals surface area contributed by atoms with Crippen molar-refractivity contribution in [2.45, 2.75) is 38.8 Å². The molecule has 1 aliphatic carbocycles. The zero-order valence-electron chi connectivity index (χ0n) is 9.03. The fourth-order valence-corrected chi connectivity index (χ4v) is 1.31. The summed E-state index contributed by atoms with van der Waals surface area (Å²) in [5.41, 5.74) is 0. The summed E-state index contributed by atoms with van der Waals surface area (Å²) >= 11 is 0. The molecular formula is C10H17N3O2. The van der Waals surface area contributed by atoms with Crippen molar-refractivity contribution in [3.8, 4) is 0 Å². The Morgan fingerprint density at radius 1 is 1.53 bits per heavy atom. The molecule has 5 nitrogen and oxygen atoms in total. The zero-order chi connectivity index (χ0) is 10.5. The molecule has 1 aromatic rings. The van der Waals surface area contributed by atoms with Gasteiger partial charge in [0.05, 0.1) is 0 Å². The van der Waals surface area contributed by atoms with Gasteiger partial charge in [-0.3, -0.25) is 0 Å². The molecule has 5 heteroatoms. The SMILES string of the molecule is CCOCc1noc(CCNC2CC2)n1. The van der Waals surface area contributed by atoms with Crippen LogP contribution in [0.1, 0.15) is 31.5 Å². The first-order chi connectivity index (χ1) is 7.38. The number of nitrogens with one attached hydrogen (secondary N) is 1. The molecule has 0 spiro atoms. The summed E-state index contributed by atoms with van der Waals surface area (Å²) in [6, 6.07) is 0.732. The Kier molecular flexibility index (Phi) is 3.69. The first-order valence-corrected chi connectivity index (χ1v) is 5.51. The number of hydrogen-bond acceptors (Lipinski definition) is 5. The van der Waals surface area contributed by atoms with Crippen molar-refractivity contribution in [2.75, 3.05) is 13.2 Å². The highest BCUT2D eigenvalue weighted by molar-refractivity contribution is 4.87. The van der Waals surface area contributed by atoms with Crippen molar-refractivity contribution >= 4 is 0 Å². The first kappa shape index (κ1) is 10.6. The summed E-state index contributed by atoms with van der Waals surface area (Å²) in [6.45, 7) is 3.98. The van der Waals surface area contributed by atoms with E-state index in [0.717, 1.165) is 19.0 Å². The largest absolute Gasteiger partial charge is 0.374 e. The van der Waals surface area contributed by atoms with Crippen LogP contribution in [0.15, 0.2) is 4.52 Å². The Morgan fingerprint density at radius 3 is 3.13 bits per heavy atom. The fraction of sp³-hybridized carbons (Fsp3) is 0.800. The minimum absolute atomic E-state index is 0.441. The maximum atomic E-state index is 5.18. The van der Waals surface area contributed by atoms with Crippen LogP contribution in [0.3, 0.4) is 0 Å². The van der Waals surface area contributed by atoms with Gasteiger partial charge in [0.2, 0.25) is 5.89 Å². The summed E-state index contributed by atoms with van der Waals surface area (Å²) in [5.74, 6) is 1.33. The standard InChI is InChI=1S/C10H17N3O2/c1-2-14-7-9-12-10(15-13-9)5-6-11-8-3-4-8/h8,11H,2-7H2,1H3. The smallest absolute Gasteiger partial charge is 0.228 e. The highest BCUT2D eigenvalue weighted by Gasteiger charge is 2.20. The van der Waals surface area contributed by atoms with Crippen LogP contribution in [-0.4, -0.2) is 29.3 Å². The molecule has 1 heterocycles. The first-order valence-electron chi connectivity index (χ1n) is 5.51. The van der Waals surface area contributed by atoms with E-state index in [1.165, 1.54) is 12.8 Å². The molecule has 2 rings (SSSR count). The molecule has 15 heavy (non-hydrogen) atoms. The van der Waals surface area contributed by atoms with Crippen LogP contribution in [0.2, 0.25) is 0 Å². The van der Waals surface area contributed by atoms with E-state index in [1.54, 1.807) is 0 Å². The van der Waals surface area contributed by atoms with Crippen molar-refractivity contribution in [1.82, 2.24) is 15.5 Å². The van der Waals surface area contributed by atoms with Gasteiger partial charge in [-0.1, -0.05) is 5.16 Å². The van der Waals surface area contributed by atoms with Gasteiger partial charge in [0, 0.05) is 25.6 Å². The van der Waals surface area contributed by atoms with E-state index in [4.69, 9.17) is 9.26 Å². The van der Waals surface area contributed by atoms with Crippen molar-refractivity contribution in [3.05, 3.63) is 11.7 Å². The lowest BCUT2D eigenvalue weighted by atomic mass is 10.4. The van der Waals surface area contributed by atoms with Gasteiger partial charge < -0.3 is 14.6 Å². The molecule has 1 fully saturated rings. The van der Waals surface area contributed by atoms with Crippen molar-refractivity contribution < 1.29 is 9.26 Å². The maximum Gasteiger partial charge on any atom is 0.228 e. The fourth-order valence-electron chi connectivity index (χ4n) is 1.31. The summed E-state index contributed by atoms with van der Waals surface area (Å²) in [5, 5.41) is 7.23. The van der Waals surface area contributed by atoms with Crippen LogP contribution in [-0.2, 0) is 17.8 Å². The number of nitrogens with zero attached hydrogens (tertiary/aromatic N) is 2. The number of aromatic nitrogens is 2. The van der Waals surface area contributed by atoms with Crippen LogP contribution in [0, 0.1) is 0 Å². The Labute approximate surface area is 89.2 Å². The topological polar surface area (TPSA) is 60.2 Å². The van der Waals surface area contributed by atoms with E-state index in [1.807, 2.05) is 6.92 Å². The van der Waals surface area contributed by atoms with Gasteiger partial charge in [-0.25, -0.2) is 0 Å². The molecule has 0 amide bonds. The molecule has 1 saturated carbocycles. The molecule has 0 aromatic carbocycles. The average molecular weight is 211 g/mol. The maximum absolute atomic E-state index is 5.18. The van der Waals surface area contributed by atoms with Crippen molar-refractivity contribution in [1.29, 1.82) is 0 Å². The second-order valence-corrected chi connectivity index (χ2v) is 3.72. The second-order valence-electron chi connectivity index (χ2n) is 3.72. The number of hydrogen-bond donors (Lipinski definition) is 1. The Morgan fingerprint density at radius 2 is 2.40 bits per heavy atom. The van der Waals surface area contributed by atoms with Gasteiger partial charge in [0.15, 0.2) is 5.82 Å². The van der Waals surface area contributed by atoms with E-state index in [-0.39, 0.29) is 0 Å². The molecule has 0 atom stereocenters. The molecule has 84 valence electrons. The summed E-state index contributed by atoms with van der Waals surface area (Å²) < 4.78 is 10.3. The third-order valence-electron chi connectivity index (χ3n) is 2.29. The molecular weight excluding hydrogens is 194 g/mol. The lowest BCUT2D eigenvalue weighted by molar-refractivity contribution is 0.126. The molecule has 0 radical (unpaired) electrons. The zero-order valence-corrected chi connectivity index (χ0v) is 9.03. The second kappa shape index (κ2) is 5.23. The molecule has 0 aliphatic heterocycles. The van der Waals surface area contributed by atoms with Crippen LogP contribution < -0.4 is 5.32 Å². The molecule has 0 unspecified atom stereocenters. The number of ether oxygens (including phenoxy) is 1. The minimum Gasteiger partial charge on any atom is -0.374 e. The van der Waals surface area contributed by atoms with Crippen molar-refractivity contribution in [3.63, 3.8) is 0 Å². The van der Waals surface area contributed by atoms with E-state index in [2.05, 4.69) is 15.5 Å². The Hall–Kier alpha value is -0.940. The molecule has 1 aromatic heterocycles. The normalized spacial score (nSPS) is 15.8. The van der Waals surface area contributed by atoms with Gasteiger partial charge in [0.1, 0.15) is 6.61 Å². The molecule has 0 saturated heterocycles. The van der Waals surface area contributed by atoms with E-state index >= 15 is 0 Å². The highest BCUT2D eigenvalue weighted by Crippen LogP contribution is 2.18. The van der Waals surface area contributed by atoms with Gasteiger partial charge in [0.25, 0.3) is 0 Å². The molecule has 1 aliphatic rings. The van der Waals surface area contributed by atoms with Crippen LogP contribution in [0.25, 0.3) is 0 Å². The predicted molar refractivity (Wildman–Crippen MR) is 54.4 cm³/mol. The Balaban J connectivity index is 1.68. The van der Waals surface area contributed by atoms with E-state index in [9.17, 15) is 0 Å². The van der Waals surface area contributed by atoms with E-state index in [0.29, 0.717) is 24.9 Å². The van der Waals surface area contributed by atoms with Gasteiger partial charge in [-0.15, -0.1) is 0 Å². The monoisotopic (exact) mass is 211 g/mol. The Bertz CT molecular complexity index is 297. The van der Waals surface area contributed by atoms with Crippen molar-refractivity contribution in [2.24, 2.45) is 0 Å². The summed E-state index contributed by atoms with van der Waals surface area (Å²) in [6.07, 6.45) is 3.41. The van der Waals surface area contributed by atoms with Crippen LogP contribution in [0.5, 0.6) is 0 Å². The highest BCUT2D eigenvalue weighted by atomic mass is 16.5. The van der Waals surface area contributed by atoms with Gasteiger partial charge >= 0.3 is 0 Å². The molecule has 0 bridgehead atoms. The lowest BCUT2D eigenvalue weighted by Gasteiger charge is -1.97. The third kappa shape index (κ3) is 3.60. The predicted octanol–water partition coefficient (Wildman–Crippen LogP) is 0.901. The van der Waals surface area contributed by atoms with Crippen LogP contribution >= 0.6 is 0 Å². The number of rotatable bonds is 7. The third-order valence-corrected chi connectivity index (χ3v) is 2.29. The van der Waals surface area contributed by atoms with Gasteiger partial charge in [-0.05, 0) is 19.8 Å². The lowest BCUT2D eigenvalue weighted by Crippen LogP contribution is -2.19. The van der Waals surface area contributed by atoms with Crippen LogP contribution in [0.4, 0.5) is 0 Å².